The molecule has 1 heterocycles. The summed E-state index contributed by atoms with van der Waals surface area (Å²) in [4.78, 5) is 35.6. The molecule has 0 unspecified atom stereocenters. The molecule has 0 atom stereocenters. The van der Waals surface area contributed by atoms with Gasteiger partial charge in [-0.1, -0.05) is 15.9 Å². The molecule has 0 bridgehead atoms. The van der Waals surface area contributed by atoms with Gasteiger partial charge in [-0.3, -0.25) is 19.3 Å². The van der Waals surface area contributed by atoms with Crippen molar-refractivity contribution < 1.29 is 19.1 Å². The molecule has 6 heteroatoms. The van der Waals surface area contributed by atoms with Crippen LogP contribution < -0.4 is 4.90 Å². The number of carbonyl (C=O) groups excluding carboxylic acids is 3. The van der Waals surface area contributed by atoms with E-state index in [1.807, 2.05) is 0 Å². The quantitative estimate of drug-likeness (QED) is 0.607. The topological polar surface area (TPSA) is 63.7 Å². The molecule has 0 aromatic heterocycles. The fourth-order valence-corrected chi connectivity index (χ4v) is 1.97. The maximum Gasteiger partial charge on any atom is 0.325 e. The van der Waals surface area contributed by atoms with Gasteiger partial charge in [-0.15, -0.1) is 0 Å². The zero-order valence-corrected chi connectivity index (χ0v) is 10.5. The van der Waals surface area contributed by atoms with E-state index < -0.39 is 17.7 Å². The van der Waals surface area contributed by atoms with Gasteiger partial charge in [-0.25, -0.2) is 0 Å². The summed E-state index contributed by atoms with van der Waals surface area (Å²) in [5, 5.41) is 0. The Kier molecular flexibility index (Phi) is 2.97. The fraction of sp³-hybridized carbons (Fsp3) is 0.182. The van der Waals surface area contributed by atoms with Gasteiger partial charge in [0.2, 0.25) is 0 Å². The molecule has 0 fully saturated rings. The van der Waals surface area contributed by atoms with E-state index in [-0.39, 0.29) is 6.54 Å². The lowest BCUT2D eigenvalue weighted by Gasteiger charge is -2.14. The molecule has 1 aromatic rings. The van der Waals surface area contributed by atoms with Crippen LogP contribution in [0.1, 0.15) is 10.4 Å². The van der Waals surface area contributed by atoms with Crippen LogP contribution in [-0.2, 0) is 14.3 Å². The SMILES string of the molecule is COC(=O)CN1C(=O)C(=O)c2ccc(Br)cc21. The highest BCUT2D eigenvalue weighted by Crippen LogP contribution is 2.31. The van der Waals surface area contributed by atoms with E-state index in [4.69, 9.17) is 0 Å². The molecule has 0 spiro atoms. The third kappa shape index (κ3) is 1.95. The first kappa shape index (κ1) is 11.8. The number of ketones is 1. The second kappa shape index (κ2) is 4.29. The van der Waals surface area contributed by atoms with Gasteiger partial charge in [-0.05, 0) is 18.2 Å². The summed E-state index contributed by atoms with van der Waals surface area (Å²) in [7, 11) is 1.23. The lowest BCUT2D eigenvalue weighted by atomic mass is 10.1. The Hall–Kier alpha value is -1.69. The number of nitrogens with zero attached hydrogens (tertiary/aromatic N) is 1. The number of hydrogen-bond donors (Lipinski definition) is 0. The molecule has 0 radical (unpaired) electrons. The molecule has 1 aromatic carbocycles. The number of anilines is 1. The normalized spacial score (nSPS) is 13.9. The van der Waals surface area contributed by atoms with Gasteiger partial charge in [-0.2, -0.15) is 0 Å². The van der Waals surface area contributed by atoms with E-state index in [2.05, 4.69) is 20.7 Å². The highest BCUT2D eigenvalue weighted by atomic mass is 79.9. The van der Waals surface area contributed by atoms with Crippen LogP contribution in [0.5, 0.6) is 0 Å². The third-order valence-corrected chi connectivity index (χ3v) is 2.94. The monoisotopic (exact) mass is 297 g/mol. The molecular formula is C11H8BrNO4. The van der Waals surface area contributed by atoms with E-state index >= 15 is 0 Å². The summed E-state index contributed by atoms with van der Waals surface area (Å²) < 4.78 is 5.22. The molecule has 0 N–H and O–H groups in total. The maximum absolute atomic E-state index is 11.7. The van der Waals surface area contributed by atoms with Gasteiger partial charge in [0.1, 0.15) is 6.54 Å². The minimum Gasteiger partial charge on any atom is -0.468 e. The van der Waals surface area contributed by atoms with E-state index in [1.54, 1.807) is 18.2 Å². The Balaban J connectivity index is 2.42. The molecule has 2 rings (SSSR count). The van der Waals surface area contributed by atoms with Gasteiger partial charge in [0.15, 0.2) is 0 Å². The number of rotatable bonds is 2. The Morgan fingerprint density at radius 3 is 2.76 bits per heavy atom. The average Bonchev–Trinajstić information content (AvgIpc) is 2.54. The van der Waals surface area contributed by atoms with Crippen molar-refractivity contribution in [1.29, 1.82) is 0 Å². The summed E-state index contributed by atoms with van der Waals surface area (Å²) in [6.07, 6.45) is 0. The molecule has 88 valence electrons. The smallest absolute Gasteiger partial charge is 0.325 e. The van der Waals surface area contributed by atoms with Crippen LogP contribution in [0.4, 0.5) is 5.69 Å². The van der Waals surface area contributed by atoms with Gasteiger partial charge >= 0.3 is 5.97 Å². The third-order valence-electron chi connectivity index (χ3n) is 2.45. The van der Waals surface area contributed by atoms with Crippen molar-refractivity contribution in [1.82, 2.24) is 0 Å². The fourth-order valence-electron chi connectivity index (χ4n) is 1.62. The zero-order chi connectivity index (χ0) is 12.6. The molecule has 1 aliphatic rings. The molecular weight excluding hydrogens is 290 g/mol. The zero-order valence-electron chi connectivity index (χ0n) is 8.90. The largest absolute Gasteiger partial charge is 0.468 e. The van der Waals surface area contributed by atoms with E-state index in [1.165, 1.54) is 7.11 Å². The summed E-state index contributed by atoms with van der Waals surface area (Å²) in [5.74, 6) is -1.88. The predicted octanol–water partition coefficient (Wildman–Crippen LogP) is 1.15. The molecule has 0 saturated carbocycles. The average molecular weight is 298 g/mol. The van der Waals surface area contributed by atoms with Crippen LogP contribution in [0.25, 0.3) is 0 Å². The minimum absolute atomic E-state index is 0.259. The van der Waals surface area contributed by atoms with Crippen LogP contribution in [0.15, 0.2) is 22.7 Å². The van der Waals surface area contributed by atoms with Gasteiger partial charge < -0.3 is 4.74 Å². The first-order chi connectivity index (χ1) is 8.04. The molecule has 0 saturated heterocycles. The maximum atomic E-state index is 11.7. The number of hydrogen-bond acceptors (Lipinski definition) is 4. The van der Waals surface area contributed by atoms with Crippen LogP contribution in [0.2, 0.25) is 0 Å². The second-order valence-electron chi connectivity index (χ2n) is 3.46. The molecule has 1 aliphatic heterocycles. The lowest BCUT2D eigenvalue weighted by Crippen LogP contribution is -2.35. The Labute approximate surface area is 105 Å². The molecule has 1 amide bonds. The van der Waals surface area contributed by atoms with Crippen LogP contribution in [0, 0.1) is 0 Å². The van der Waals surface area contributed by atoms with Crippen LogP contribution in [0.3, 0.4) is 0 Å². The molecule has 0 aliphatic carbocycles. The highest BCUT2D eigenvalue weighted by Gasteiger charge is 2.36. The van der Waals surface area contributed by atoms with Crippen molar-refractivity contribution >= 4 is 39.3 Å². The van der Waals surface area contributed by atoms with Gasteiger partial charge in [0, 0.05) is 4.47 Å². The first-order valence-corrected chi connectivity index (χ1v) is 5.56. The van der Waals surface area contributed by atoms with E-state index in [0.29, 0.717) is 11.3 Å². The van der Waals surface area contributed by atoms with Crippen molar-refractivity contribution in [2.24, 2.45) is 0 Å². The number of benzene rings is 1. The van der Waals surface area contributed by atoms with Crippen molar-refractivity contribution in [2.45, 2.75) is 0 Å². The predicted molar refractivity (Wildman–Crippen MR) is 62.8 cm³/mol. The Morgan fingerprint density at radius 1 is 1.41 bits per heavy atom. The number of amides is 1. The second-order valence-corrected chi connectivity index (χ2v) is 4.37. The van der Waals surface area contributed by atoms with Crippen LogP contribution >= 0.6 is 15.9 Å². The standard InChI is InChI=1S/C11H8BrNO4/c1-17-9(14)5-13-8-4-6(12)2-3-7(8)10(15)11(13)16/h2-4H,5H2,1H3. The number of carbonyl (C=O) groups is 3. The lowest BCUT2D eigenvalue weighted by molar-refractivity contribution is -0.139. The number of halogens is 1. The van der Waals surface area contributed by atoms with Crippen molar-refractivity contribution in [3.05, 3.63) is 28.2 Å². The number of methoxy groups -OCH3 is 1. The van der Waals surface area contributed by atoms with Crippen molar-refractivity contribution in [3.63, 3.8) is 0 Å². The number of esters is 1. The molecule has 5 nitrogen and oxygen atoms in total. The van der Waals surface area contributed by atoms with E-state index in [9.17, 15) is 14.4 Å². The van der Waals surface area contributed by atoms with E-state index in [0.717, 1.165) is 9.37 Å². The van der Waals surface area contributed by atoms with Gasteiger partial charge in [0.05, 0.1) is 18.4 Å². The molecule has 17 heavy (non-hydrogen) atoms. The Bertz CT molecular complexity index is 526. The van der Waals surface area contributed by atoms with Gasteiger partial charge in [0.25, 0.3) is 11.7 Å². The van der Waals surface area contributed by atoms with Crippen molar-refractivity contribution in [3.8, 4) is 0 Å². The summed E-state index contributed by atoms with van der Waals surface area (Å²) in [6, 6.07) is 4.85. The number of fused-ring (bicyclic) bond motifs is 1. The van der Waals surface area contributed by atoms with Crippen molar-refractivity contribution in [2.75, 3.05) is 18.6 Å². The minimum atomic E-state index is -0.705. The Morgan fingerprint density at radius 2 is 2.12 bits per heavy atom. The van der Waals surface area contributed by atoms with Crippen LogP contribution in [-0.4, -0.2) is 31.3 Å². The summed E-state index contributed by atoms with van der Waals surface area (Å²) in [6.45, 7) is -0.259. The summed E-state index contributed by atoms with van der Waals surface area (Å²) in [5.41, 5.74) is 0.738. The number of Topliss-reactive ketones (excluding diaryl/α,β-unsaturated/α-hetero) is 1. The number of ether oxygens (including phenoxy) is 1. The highest BCUT2D eigenvalue weighted by molar-refractivity contribution is 9.10. The summed E-state index contributed by atoms with van der Waals surface area (Å²) >= 11 is 3.25. The first-order valence-electron chi connectivity index (χ1n) is 4.77.